The molecular weight excluding hydrogens is 423 g/mol. The molecule has 8 heteroatoms. The molecule has 30 heavy (non-hydrogen) atoms. The Hall–Kier alpha value is -2.09. The lowest BCUT2D eigenvalue weighted by molar-refractivity contribution is 0.0734. The summed E-state index contributed by atoms with van der Waals surface area (Å²) in [6.45, 7) is 2.20. The number of halogens is 5. The van der Waals surface area contributed by atoms with Crippen LogP contribution in [-0.2, 0) is 0 Å². The minimum Gasteiger partial charge on any atom is -0.423 e. The maximum absolute atomic E-state index is 12.8. The Morgan fingerprint density at radius 1 is 0.900 bits per heavy atom. The van der Waals surface area contributed by atoms with Gasteiger partial charge in [0.15, 0.2) is 0 Å². The monoisotopic (exact) mass is 448 g/mol. The van der Waals surface area contributed by atoms with Crippen molar-refractivity contribution >= 4 is 16.2 Å². The first kappa shape index (κ1) is 22.6. The van der Waals surface area contributed by atoms with Gasteiger partial charge in [0.25, 0.3) is 0 Å². The SMILES string of the molecule is CCCC1CCC(c2ccc(C(=O)Oc3ccc(S(F)(F)(F)(F)F)cc3)cc2)CC1. The highest BCUT2D eigenvalue weighted by Gasteiger charge is 2.65. The molecule has 0 spiro atoms. The molecule has 0 radical (unpaired) electrons. The molecule has 0 amide bonds. The van der Waals surface area contributed by atoms with Crippen LogP contribution in [-0.4, -0.2) is 5.97 Å². The summed E-state index contributed by atoms with van der Waals surface area (Å²) in [5, 5.41) is 0. The van der Waals surface area contributed by atoms with E-state index in [9.17, 15) is 24.2 Å². The zero-order chi connectivity index (χ0) is 22.1. The van der Waals surface area contributed by atoms with Gasteiger partial charge in [-0.15, -0.1) is 0 Å². The second kappa shape index (κ2) is 7.55. The van der Waals surface area contributed by atoms with Crippen LogP contribution in [0, 0.1) is 5.92 Å². The lowest BCUT2D eigenvalue weighted by Gasteiger charge is -2.40. The van der Waals surface area contributed by atoms with Gasteiger partial charge in [-0.05, 0) is 79.5 Å². The van der Waals surface area contributed by atoms with Crippen LogP contribution in [0.3, 0.4) is 0 Å². The fourth-order valence-electron chi connectivity index (χ4n) is 4.01. The van der Waals surface area contributed by atoms with Crippen LogP contribution < -0.4 is 4.74 Å². The number of hydrogen-bond acceptors (Lipinski definition) is 2. The molecule has 0 heterocycles. The molecule has 2 aromatic rings. The summed E-state index contributed by atoms with van der Waals surface area (Å²) < 4.78 is 68.8. The van der Waals surface area contributed by atoms with Crippen LogP contribution >= 0.6 is 10.2 Å². The predicted molar refractivity (Wildman–Crippen MR) is 109 cm³/mol. The molecule has 0 N–H and O–H groups in total. The average Bonchev–Trinajstić information content (AvgIpc) is 2.68. The summed E-state index contributed by atoms with van der Waals surface area (Å²) in [6.07, 6.45) is 7.12. The number of carbonyl (C=O) groups excluding carboxylic acids is 1. The van der Waals surface area contributed by atoms with Crippen LogP contribution in [0.25, 0.3) is 0 Å². The lowest BCUT2D eigenvalue weighted by Crippen LogP contribution is -2.13. The van der Waals surface area contributed by atoms with E-state index in [4.69, 9.17) is 4.74 Å². The van der Waals surface area contributed by atoms with E-state index < -0.39 is 21.1 Å². The van der Waals surface area contributed by atoms with Crippen molar-refractivity contribution in [2.24, 2.45) is 5.92 Å². The Balaban J connectivity index is 1.62. The Labute approximate surface area is 173 Å². The van der Waals surface area contributed by atoms with Crippen LogP contribution in [0.1, 0.15) is 67.3 Å². The lowest BCUT2D eigenvalue weighted by atomic mass is 9.77. The number of esters is 1. The second-order valence-corrected chi connectivity index (χ2v) is 10.4. The van der Waals surface area contributed by atoms with Crippen LogP contribution in [0.5, 0.6) is 5.75 Å². The van der Waals surface area contributed by atoms with Gasteiger partial charge in [-0.2, -0.15) is 0 Å². The van der Waals surface area contributed by atoms with Crippen molar-refractivity contribution in [1.29, 1.82) is 0 Å². The fourth-order valence-corrected chi connectivity index (χ4v) is 4.67. The zero-order valence-corrected chi connectivity index (χ0v) is 17.4. The Bertz CT molecular complexity index is 885. The van der Waals surface area contributed by atoms with Gasteiger partial charge in [0.1, 0.15) is 10.6 Å². The van der Waals surface area contributed by atoms with E-state index in [-0.39, 0.29) is 23.4 Å². The quantitative estimate of drug-likeness (QED) is 0.251. The van der Waals surface area contributed by atoms with E-state index in [1.165, 1.54) is 25.7 Å². The molecule has 1 aliphatic carbocycles. The van der Waals surface area contributed by atoms with Gasteiger partial charge in [-0.25, -0.2) is 4.79 Å². The Kier molecular flexibility index (Phi) is 5.69. The third-order valence-electron chi connectivity index (χ3n) is 5.64. The van der Waals surface area contributed by atoms with Crippen molar-refractivity contribution in [3.63, 3.8) is 0 Å². The summed E-state index contributed by atoms with van der Waals surface area (Å²) in [5.41, 5.74) is 1.40. The van der Waals surface area contributed by atoms with E-state index in [1.54, 1.807) is 12.1 Å². The van der Waals surface area contributed by atoms with Gasteiger partial charge < -0.3 is 4.74 Å². The second-order valence-electron chi connectivity index (χ2n) is 7.96. The molecule has 1 aliphatic rings. The van der Waals surface area contributed by atoms with Crippen molar-refractivity contribution in [3.8, 4) is 5.75 Å². The van der Waals surface area contributed by atoms with Crippen molar-refractivity contribution in [1.82, 2.24) is 0 Å². The first-order valence-electron chi connectivity index (χ1n) is 10.0. The fraction of sp³-hybridized carbons (Fsp3) is 0.409. The molecule has 0 unspecified atom stereocenters. The van der Waals surface area contributed by atoms with Crippen LogP contribution in [0.4, 0.5) is 19.4 Å². The third kappa shape index (κ3) is 5.74. The maximum Gasteiger partial charge on any atom is 0.343 e. The predicted octanol–water partition coefficient (Wildman–Crippen LogP) is 8.64. The highest BCUT2D eigenvalue weighted by Crippen LogP contribution is 3.02. The molecule has 166 valence electrons. The molecule has 2 nitrogen and oxygen atoms in total. The Morgan fingerprint density at radius 3 is 1.97 bits per heavy atom. The van der Waals surface area contributed by atoms with E-state index in [2.05, 4.69) is 6.92 Å². The standard InChI is InChI=1S/C22H25F5O2S/c1-2-3-16-4-6-17(7-5-16)18-8-10-19(11-9-18)22(28)29-20-12-14-21(15-13-20)30(23,24,25,26)27/h8-17H,2-7H2,1H3. The van der Waals surface area contributed by atoms with E-state index in [0.29, 0.717) is 18.1 Å². The number of benzene rings is 2. The van der Waals surface area contributed by atoms with Crippen molar-refractivity contribution < 1.29 is 29.0 Å². The molecule has 1 fully saturated rings. The number of carbonyl (C=O) groups is 1. The average molecular weight is 448 g/mol. The first-order valence-corrected chi connectivity index (χ1v) is 12.0. The molecule has 0 saturated heterocycles. The third-order valence-corrected chi connectivity index (χ3v) is 6.80. The number of rotatable bonds is 6. The molecule has 0 atom stereocenters. The van der Waals surface area contributed by atoms with E-state index in [0.717, 1.165) is 24.3 Å². The van der Waals surface area contributed by atoms with Gasteiger partial charge in [-0.3, -0.25) is 0 Å². The smallest absolute Gasteiger partial charge is 0.343 e. The molecule has 0 bridgehead atoms. The van der Waals surface area contributed by atoms with Gasteiger partial charge >= 0.3 is 16.2 Å². The summed E-state index contributed by atoms with van der Waals surface area (Å²) in [5.74, 6) is 0.269. The van der Waals surface area contributed by atoms with Crippen molar-refractivity contribution in [2.45, 2.75) is 56.3 Å². The molecule has 0 aliphatic heterocycles. The number of hydrogen-bond donors (Lipinski definition) is 0. The molecule has 3 rings (SSSR count). The number of ether oxygens (including phenoxy) is 1. The highest BCUT2D eigenvalue weighted by atomic mass is 32.5. The van der Waals surface area contributed by atoms with Gasteiger partial charge in [0, 0.05) is 0 Å². The summed E-state index contributed by atoms with van der Waals surface area (Å²) in [7, 11) is -9.74. The van der Waals surface area contributed by atoms with Gasteiger partial charge in [-0.1, -0.05) is 51.3 Å². The summed E-state index contributed by atoms with van der Waals surface area (Å²) in [4.78, 5) is 10.2. The van der Waals surface area contributed by atoms with E-state index in [1.807, 2.05) is 12.1 Å². The van der Waals surface area contributed by atoms with Crippen molar-refractivity contribution in [2.75, 3.05) is 0 Å². The topological polar surface area (TPSA) is 26.3 Å². The minimum absolute atomic E-state index is 0.224. The normalized spacial score (nSPS) is 22.1. The van der Waals surface area contributed by atoms with Gasteiger partial charge in [0.05, 0.1) is 5.56 Å². The largest absolute Gasteiger partial charge is 0.423 e. The highest BCUT2D eigenvalue weighted by molar-refractivity contribution is 8.45. The van der Waals surface area contributed by atoms with Crippen LogP contribution in [0.15, 0.2) is 53.4 Å². The summed E-state index contributed by atoms with van der Waals surface area (Å²) >= 11 is 0. The minimum atomic E-state index is -9.74. The maximum atomic E-state index is 12.8. The van der Waals surface area contributed by atoms with Gasteiger partial charge in [0.2, 0.25) is 0 Å². The molecule has 1 saturated carbocycles. The zero-order valence-electron chi connectivity index (χ0n) is 16.6. The molecular formula is C22H25F5O2S. The Morgan fingerprint density at radius 2 is 1.47 bits per heavy atom. The van der Waals surface area contributed by atoms with E-state index >= 15 is 0 Å². The van der Waals surface area contributed by atoms with Crippen molar-refractivity contribution in [3.05, 3.63) is 59.7 Å². The summed E-state index contributed by atoms with van der Waals surface area (Å²) in [6, 6.07) is 8.88. The van der Waals surface area contributed by atoms with Crippen LogP contribution in [0.2, 0.25) is 0 Å². The molecule has 0 aromatic heterocycles. The molecule has 2 aromatic carbocycles. The first-order chi connectivity index (χ1) is 13.9.